The van der Waals surface area contributed by atoms with E-state index < -0.39 is 5.97 Å². The number of piperazine rings is 1. The van der Waals surface area contributed by atoms with Crippen LogP contribution in [-0.4, -0.2) is 68.2 Å². The Kier molecular flexibility index (Phi) is 15.2. The van der Waals surface area contributed by atoms with Crippen molar-refractivity contribution in [2.45, 2.75) is 52.2 Å². The Hall–Kier alpha value is -3.64. The summed E-state index contributed by atoms with van der Waals surface area (Å²) in [5.74, 6) is 1.30. The molecule has 0 amide bonds. The van der Waals surface area contributed by atoms with Crippen LogP contribution in [0.4, 0.5) is 5.69 Å². The SMILES string of the molecule is COc1cc(C(=O)c2cn(CCCC(=O)[O-])c3ccccc23)ccc1OC(CCN1CCN(c2ccccc2OC)CC1)c1ccc(CC(C)C)cc1.[K+]. The van der Waals surface area contributed by atoms with E-state index in [1.807, 2.05) is 53.2 Å². The van der Waals surface area contributed by atoms with Crippen molar-refractivity contribution in [1.82, 2.24) is 9.47 Å². The molecule has 54 heavy (non-hydrogen) atoms. The number of benzene rings is 4. The minimum Gasteiger partial charge on any atom is -0.550 e. The molecule has 1 atom stereocenters. The van der Waals surface area contributed by atoms with Crippen molar-refractivity contribution in [2.75, 3.05) is 51.8 Å². The molecule has 0 spiro atoms. The number of fused-ring (bicyclic) bond motifs is 1. The average molecular weight is 756 g/mol. The molecule has 1 saturated heterocycles. The van der Waals surface area contributed by atoms with Gasteiger partial charge in [-0.1, -0.05) is 68.4 Å². The number of aliphatic carboxylic acids is 1. The maximum absolute atomic E-state index is 14.0. The molecule has 1 unspecified atom stereocenters. The molecule has 4 aromatic carbocycles. The van der Waals surface area contributed by atoms with Crippen LogP contribution in [-0.2, 0) is 17.8 Å². The third-order valence-corrected chi connectivity index (χ3v) is 10.0. The first-order valence-electron chi connectivity index (χ1n) is 18.6. The van der Waals surface area contributed by atoms with Crippen molar-refractivity contribution in [3.8, 4) is 17.2 Å². The predicted octanol–water partition coefficient (Wildman–Crippen LogP) is 3.95. The molecule has 0 saturated carbocycles. The smallest absolute Gasteiger partial charge is 0.550 e. The van der Waals surface area contributed by atoms with Crippen LogP contribution in [0.15, 0.2) is 97.2 Å². The van der Waals surface area contributed by atoms with Crippen LogP contribution in [0.1, 0.15) is 66.3 Å². The predicted molar refractivity (Wildman–Crippen MR) is 207 cm³/mol. The van der Waals surface area contributed by atoms with Crippen LogP contribution >= 0.6 is 0 Å². The molecule has 9 nitrogen and oxygen atoms in total. The largest absolute Gasteiger partial charge is 1.00 e. The van der Waals surface area contributed by atoms with E-state index in [4.69, 9.17) is 14.2 Å². The summed E-state index contributed by atoms with van der Waals surface area (Å²) in [5.41, 5.74) is 5.44. The summed E-state index contributed by atoms with van der Waals surface area (Å²) in [5, 5.41) is 11.8. The van der Waals surface area contributed by atoms with Crippen LogP contribution in [0.5, 0.6) is 17.2 Å². The van der Waals surface area contributed by atoms with Crippen LogP contribution < -0.4 is 75.6 Å². The van der Waals surface area contributed by atoms with Gasteiger partial charge in [0.2, 0.25) is 0 Å². The van der Waals surface area contributed by atoms with Gasteiger partial charge >= 0.3 is 51.4 Å². The van der Waals surface area contributed by atoms with E-state index in [2.05, 4.69) is 60.0 Å². The molecule has 6 rings (SSSR count). The normalized spacial score (nSPS) is 13.8. The number of rotatable bonds is 17. The van der Waals surface area contributed by atoms with Crippen molar-refractivity contribution in [3.05, 3.63) is 119 Å². The van der Waals surface area contributed by atoms with Gasteiger partial charge < -0.3 is 33.6 Å². The number of aryl methyl sites for hydroxylation is 1. The third-order valence-electron chi connectivity index (χ3n) is 10.0. The standard InChI is InChI=1S/C44H51N3O6.K/c1-31(2)28-32-15-17-33(18-16-32)39(21-23-45-24-26-46(27-25-45)38-12-7-8-13-40(38)51-3)53-41-20-19-34(29-42(41)52-4)44(50)36-30-47(22-9-14-43(48)49)37-11-6-5-10-35(36)37;/h5-8,10-13,15-20,29-31,39H,9,14,21-28H2,1-4H3,(H,48,49);/q;+1/p-1. The van der Waals surface area contributed by atoms with E-state index in [1.165, 1.54) is 5.56 Å². The number of para-hydroxylation sites is 3. The molecule has 1 aliphatic heterocycles. The molecule has 0 bridgehead atoms. The number of carbonyl (C=O) groups excluding carboxylic acids is 2. The van der Waals surface area contributed by atoms with Crippen LogP contribution in [0.3, 0.4) is 0 Å². The fourth-order valence-electron chi connectivity index (χ4n) is 7.26. The topological polar surface area (TPSA) is 96.3 Å². The van der Waals surface area contributed by atoms with Gasteiger partial charge in [0, 0.05) is 79.9 Å². The number of anilines is 1. The number of ether oxygens (including phenoxy) is 3. The summed E-state index contributed by atoms with van der Waals surface area (Å²) in [6, 6.07) is 30.0. The Labute approximate surface area is 361 Å². The second-order valence-corrected chi connectivity index (χ2v) is 14.2. The summed E-state index contributed by atoms with van der Waals surface area (Å²) in [7, 11) is 3.31. The molecular formula is C44H50KN3O6. The molecule has 10 heteroatoms. The average Bonchev–Trinajstić information content (AvgIpc) is 3.54. The zero-order valence-electron chi connectivity index (χ0n) is 32.3. The minimum absolute atomic E-state index is 0. The minimum atomic E-state index is -1.08. The number of ketones is 1. The van der Waals surface area contributed by atoms with Crippen molar-refractivity contribution >= 4 is 28.3 Å². The third kappa shape index (κ3) is 10.4. The van der Waals surface area contributed by atoms with Gasteiger partial charge in [-0.25, -0.2) is 0 Å². The molecule has 278 valence electrons. The van der Waals surface area contributed by atoms with Gasteiger partial charge in [0.15, 0.2) is 17.3 Å². The van der Waals surface area contributed by atoms with Crippen molar-refractivity contribution in [1.29, 1.82) is 0 Å². The van der Waals surface area contributed by atoms with E-state index >= 15 is 0 Å². The van der Waals surface area contributed by atoms with Gasteiger partial charge in [0.05, 0.1) is 19.9 Å². The van der Waals surface area contributed by atoms with E-state index in [0.717, 1.165) is 73.5 Å². The summed E-state index contributed by atoms with van der Waals surface area (Å²) in [6.07, 6.45) is 3.75. The summed E-state index contributed by atoms with van der Waals surface area (Å²) in [6.45, 7) is 9.49. The van der Waals surface area contributed by atoms with Crippen LogP contribution in [0.25, 0.3) is 10.9 Å². The van der Waals surface area contributed by atoms with Gasteiger partial charge in [0.1, 0.15) is 11.9 Å². The zero-order valence-corrected chi connectivity index (χ0v) is 35.4. The second kappa shape index (κ2) is 19.8. The van der Waals surface area contributed by atoms with Gasteiger partial charge in [-0.2, -0.15) is 0 Å². The molecule has 0 aliphatic carbocycles. The number of carboxylic acids is 1. The zero-order chi connectivity index (χ0) is 37.3. The molecule has 5 aromatic rings. The summed E-state index contributed by atoms with van der Waals surface area (Å²) >= 11 is 0. The molecule has 2 heterocycles. The van der Waals surface area contributed by atoms with Crippen LogP contribution in [0.2, 0.25) is 0 Å². The molecule has 1 aromatic heterocycles. The molecule has 0 radical (unpaired) electrons. The van der Waals surface area contributed by atoms with E-state index in [1.54, 1.807) is 26.4 Å². The Balaban J connectivity index is 0.00000561. The van der Waals surface area contributed by atoms with Gasteiger partial charge in [-0.3, -0.25) is 9.69 Å². The quantitative estimate of drug-likeness (QED) is 0.104. The molecule has 1 fully saturated rings. The fourth-order valence-corrected chi connectivity index (χ4v) is 7.26. The number of hydrogen-bond donors (Lipinski definition) is 0. The fraction of sp³-hybridized carbons (Fsp3) is 0.364. The Bertz CT molecular complexity index is 2000. The van der Waals surface area contributed by atoms with Gasteiger partial charge in [-0.05, 0) is 72.7 Å². The van der Waals surface area contributed by atoms with Crippen molar-refractivity contribution in [3.63, 3.8) is 0 Å². The van der Waals surface area contributed by atoms with Gasteiger partial charge in [0.25, 0.3) is 0 Å². The van der Waals surface area contributed by atoms with Gasteiger partial charge in [-0.15, -0.1) is 0 Å². The Morgan fingerprint density at radius 2 is 1.50 bits per heavy atom. The summed E-state index contributed by atoms with van der Waals surface area (Å²) in [4.78, 5) is 29.9. The molecular weight excluding hydrogens is 706 g/mol. The first-order valence-corrected chi connectivity index (χ1v) is 18.6. The number of methoxy groups -OCH3 is 2. The monoisotopic (exact) mass is 755 g/mol. The molecule has 1 aliphatic rings. The number of hydrogen-bond acceptors (Lipinski definition) is 8. The first-order chi connectivity index (χ1) is 25.7. The number of aromatic nitrogens is 1. The van der Waals surface area contributed by atoms with E-state index in [0.29, 0.717) is 41.5 Å². The Morgan fingerprint density at radius 3 is 2.20 bits per heavy atom. The van der Waals surface area contributed by atoms with E-state index in [-0.39, 0.29) is 69.7 Å². The number of nitrogens with zero attached hydrogens (tertiary/aromatic N) is 3. The van der Waals surface area contributed by atoms with Crippen molar-refractivity contribution < 1.29 is 80.3 Å². The summed E-state index contributed by atoms with van der Waals surface area (Å²) < 4.78 is 20.2. The maximum Gasteiger partial charge on any atom is 1.00 e. The van der Waals surface area contributed by atoms with Crippen LogP contribution in [0, 0.1) is 5.92 Å². The first kappa shape index (κ1) is 41.5. The molecule has 0 N–H and O–H groups in total. The van der Waals surface area contributed by atoms with Crippen molar-refractivity contribution in [2.24, 2.45) is 5.92 Å². The maximum atomic E-state index is 14.0. The van der Waals surface area contributed by atoms with E-state index in [9.17, 15) is 14.7 Å². The second-order valence-electron chi connectivity index (χ2n) is 14.2. The Morgan fingerprint density at radius 1 is 0.796 bits per heavy atom. The number of carbonyl (C=O) groups is 2. The number of carboxylic acid groups (broad SMARTS) is 1.